The van der Waals surface area contributed by atoms with Crippen LogP contribution in [0.3, 0.4) is 0 Å². The molecular formula is C42H61NO4. The second-order valence-corrected chi connectivity index (χ2v) is 17.6. The van der Waals surface area contributed by atoms with Crippen molar-refractivity contribution in [3.8, 4) is 0 Å². The minimum absolute atomic E-state index is 0.0147. The van der Waals surface area contributed by atoms with Crippen molar-refractivity contribution in [1.29, 1.82) is 0 Å². The van der Waals surface area contributed by atoms with Gasteiger partial charge in [-0.05, 0) is 153 Å². The van der Waals surface area contributed by atoms with Crippen molar-refractivity contribution in [2.24, 2.45) is 51.2 Å². The molecule has 1 saturated heterocycles. The first-order valence-corrected chi connectivity index (χ1v) is 18.8. The summed E-state index contributed by atoms with van der Waals surface area (Å²) in [5, 5.41) is 19.7. The van der Waals surface area contributed by atoms with Crippen molar-refractivity contribution in [2.45, 2.75) is 125 Å². The zero-order chi connectivity index (χ0) is 33.9. The third-order valence-corrected chi connectivity index (χ3v) is 15.6. The first-order chi connectivity index (χ1) is 22.2. The van der Waals surface area contributed by atoms with Gasteiger partial charge in [0.25, 0.3) is 0 Å². The number of nitrogens with zero attached hydrogens (tertiary/aromatic N) is 1. The first-order valence-electron chi connectivity index (χ1n) is 18.8. The monoisotopic (exact) mass is 643 g/mol. The Morgan fingerprint density at radius 3 is 2.30 bits per heavy atom. The molecule has 0 aromatic heterocycles. The van der Waals surface area contributed by atoms with E-state index in [2.05, 4.69) is 59.1 Å². The molecule has 1 aromatic carbocycles. The minimum Gasteiger partial charge on any atom is -0.478 e. The fourth-order valence-corrected chi connectivity index (χ4v) is 12.1. The second-order valence-electron chi connectivity index (χ2n) is 17.6. The lowest BCUT2D eigenvalue weighted by Crippen LogP contribution is -2.62. The van der Waals surface area contributed by atoms with Gasteiger partial charge in [0.05, 0.1) is 23.6 Å². The number of hydrogen-bond acceptors (Lipinski definition) is 3. The Bertz CT molecular complexity index is 1410. The molecule has 2 N–H and O–H groups in total. The molecule has 3 saturated carbocycles. The van der Waals surface area contributed by atoms with E-state index < -0.39 is 5.97 Å². The number of rotatable bonds is 5. The molecule has 6 rings (SSSR count). The molecule has 5 heteroatoms. The van der Waals surface area contributed by atoms with Crippen molar-refractivity contribution in [3.05, 3.63) is 53.6 Å². The molecular weight excluding hydrogens is 582 g/mol. The molecule has 47 heavy (non-hydrogen) atoms. The summed E-state index contributed by atoms with van der Waals surface area (Å²) in [6, 6.07) is 7.50. The molecule has 1 heterocycles. The summed E-state index contributed by atoms with van der Waals surface area (Å²) in [7, 11) is 0. The zero-order valence-electron chi connectivity index (χ0n) is 30.1. The van der Waals surface area contributed by atoms with Crippen LogP contribution in [-0.2, 0) is 4.79 Å². The van der Waals surface area contributed by atoms with Gasteiger partial charge in [0.2, 0.25) is 5.91 Å². The van der Waals surface area contributed by atoms with E-state index in [9.17, 15) is 19.8 Å². The van der Waals surface area contributed by atoms with Gasteiger partial charge in [0.15, 0.2) is 0 Å². The molecule has 5 unspecified atom stereocenters. The smallest absolute Gasteiger partial charge is 0.335 e. The lowest BCUT2D eigenvalue weighted by atomic mass is 9.38. The number of carboxylic acids is 1. The number of allylic oxidation sites excluding steroid dienone is 3. The van der Waals surface area contributed by atoms with E-state index >= 15 is 0 Å². The average molecular weight is 644 g/mol. The van der Waals surface area contributed by atoms with E-state index in [-0.39, 0.29) is 34.3 Å². The van der Waals surface area contributed by atoms with E-state index in [0.29, 0.717) is 41.1 Å². The van der Waals surface area contributed by atoms with Crippen molar-refractivity contribution < 1.29 is 19.8 Å². The van der Waals surface area contributed by atoms with Gasteiger partial charge < -0.3 is 15.1 Å². The molecule has 0 bridgehead atoms. The van der Waals surface area contributed by atoms with Gasteiger partial charge in [0, 0.05) is 6.54 Å². The van der Waals surface area contributed by atoms with Crippen molar-refractivity contribution in [2.75, 3.05) is 13.2 Å². The number of fused-ring (bicyclic) bond motifs is 5. The number of carbonyl (C=O) groups excluding carboxylic acids is 1. The number of amides is 1. The summed E-state index contributed by atoms with van der Waals surface area (Å²) in [5.74, 6) is 1.81. The summed E-state index contributed by atoms with van der Waals surface area (Å²) in [6.45, 7) is 20.1. The van der Waals surface area contributed by atoms with Crippen LogP contribution in [0.1, 0.15) is 135 Å². The molecule has 1 aromatic rings. The molecule has 4 fully saturated rings. The van der Waals surface area contributed by atoms with E-state index in [1.165, 1.54) is 36.8 Å². The number of aliphatic hydroxyl groups is 1. The zero-order valence-corrected chi connectivity index (χ0v) is 30.1. The largest absolute Gasteiger partial charge is 0.478 e. The van der Waals surface area contributed by atoms with Gasteiger partial charge in [-0.15, -0.1) is 0 Å². The molecule has 1 amide bonds. The number of hydrogen-bond donors (Lipinski definition) is 2. The lowest BCUT2D eigenvalue weighted by molar-refractivity contribution is -0.185. The summed E-state index contributed by atoms with van der Waals surface area (Å²) in [4.78, 5) is 28.4. The minimum atomic E-state index is -0.880. The maximum absolute atomic E-state index is 14.7. The summed E-state index contributed by atoms with van der Waals surface area (Å²) in [5.41, 5.74) is 4.08. The van der Waals surface area contributed by atoms with Gasteiger partial charge in [-0.3, -0.25) is 4.79 Å². The molecule has 0 spiro atoms. The number of likely N-dealkylation sites (tertiary alicyclic amines) is 1. The Labute approximate surface area is 284 Å². The van der Waals surface area contributed by atoms with Crippen LogP contribution in [0.15, 0.2) is 42.5 Å². The van der Waals surface area contributed by atoms with Crippen molar-refractivity contribution >= 4 is 17.4 Å². The summed E-state index contributed by atoms with van der Waals surface area (Å²) < 4.78 is 0. The number of carboxylic acid groups (broad SMARTS) is 1. The van der Waals surface area contributed by atoms with Gasteiger partial charge in [-0.25, -0.2) is 4.79 Å². The predicted molar refractivity (Wildman–Crippen MR) is 190 cm³/mol. The normalized spacial score (nSPS) is 41.2. The topological polar surface area (TPSA) is 77.8 Å². The molecule has 9 atom stereocenters. The third-order valence-electron chi connectivity index (χ3n) is 15.6. The number of aromatic carboxylic acids is 1. The SMILES string of the molecule is C=C(C)[C@@H]1CC[C@]2(C(=O)N3CCCC3CO)CC[C@]3(C)C(CCC4CC/C=C(/c5ccc(C(=O)O)cc5)C(C)(C)C(C)CC[C@]43C)C12. The molecule has 258 valence electrons. The van der Waals surface area contributed by atoms with E-state index in [4.69, 9.17) is 0 Å². The summed E-state index contributed by atoms with van der Waals surface area (Å²) in [6.07, 6.45) is 15.5. The first kappa shape index (κ1) is 34.5. The molecule has 5 aliphatic rings. The lowest BCUT2D eigenvalue weighted by Gasteiger charge is -2.66. The third kappa shape index (κ3) is 5.36. The number of benzene rings is 1. The Morgan fingerprint density at radius 1 is 0.915 bits per heavy atom. The number of aliphatic hydroxyl groups excluding tert-OH is 1. The van der Waals surface area contributed by atoms with Gasteiger partial charge in [0.1, 0.15) is 0 Å². The Balaban J connectivity index is 1.34. The Morgan fingerprint density at radius 2 is 1.64 bits per heavy atom. The highest BCUT2D eigenvalue weighted by Crippen LogP contribution is 2.73. The van der Waals surface area contributed by atoms with Crippen molar-refractivity contribution in [3.63, 3.8) is 0 Å². The molecule has 5 nitrogen and oxygen atoms in total. The highest BCUT2D eigenvalue weighted by Gasteiger charge is 2.68. The molecule has 0 radical (unpaired) electrons. The highest BCUT2D eigenvalue weighted by molar-refractivity contribution is 5.88. The second kappa shape index (κ2) is 12.5. The Kier molecular flexibility index (Phi) is 9.16. The van der Waals surface area contributed by atoms with Crippen LogP contribution in [0, 0.1) is 51.2 Å². The van der Waals surface area contributed by atoms with Gasteiger partial charge >= 0.3 is 5.97 Å². The maximum atomic E-state index is 14.7. The number of carbonyl (C=O) groups is 2. The van der Waals surface area contributed by atoms with E-state index in [1.807, 2.05) is 12.1 Å². The standard InChI is InChI=1S/C42H61NO4/c1-27(2)33-20-22-42(38(47)43-25-9-11-32(43)26-44)24-23-41(7)35(36(33)42)18-17-31-10-8-12-34(29-13-15-30(16-14-29)37(45)46)39(4,5)28(3)19-21-40(31,41)6/h12-16,28,31-33,35-36,44H,1,8-11,17-26H2,2-7H3,(H,45,46)/b34-12-/t28?,31?,32?,33-,35?,36?,40+,41+,42-/m0/s1. The maximum Gasteiger partial charge on any atom is 0.335 e. The quantitative estimate of drug-likeness (QED) is 0.314. The predicted octanol–water partition coefficient (Wildman–Crippen LogP) is 9.41. The van der Waals surface area contributed by atoms with E-state index in [0.717, 1.165) is 63.5 Å². The fourth-order valence-electron chi connectivity index (χ4n) is 12.1. The van der Waals surface area contributed by atoms with Crippen LogP contribution >= 0.6 is 0 Å². The molecule has 1 aliphatic heterocycles. The average Bonchev–Trinajstić information content (AvgIpc) is 3.68. The van der Waals surface area contributed by atoms with Gasteiger partial charge in [-0.2, -0.15) is 0 Å². The van der Waals surface area contributed by atoms with Crippen LogP contribution in [-0.4, -0.2) is 46.2 Å². The van der Waals surface area contributed by atoms with E-state index in [1.54, 1.807) is 12.1 Å². The van der Waals surface area contributed by atoms with Crippen LogP contribution < -0.4 is 0 Å². The van der Waals surface area contributed by atoms with Crippen molar-refractivity contribution in [1.82, 2.24) is 4.90 Å². The van der Waals surface area contributed by atoms with Crippen LogP contribution in [0.25, 0.3) is 5.57 Å². The molecule has 4 aliphatic carbocycles. The van der Waals surface area contributed by atoms with Crippen LogP contribution in [0.4, 0.5) is 0 Å². The van der Waals surface area contributed by atoms with Crippen LogP contribution in [0.5, 0.6) is 0 Å². The Hall–Kier alpha value is -2.40. The van der Waals surface area contributed by atoms with Crippen LogP contribution in [0.2, 0.25) is 0 Å². The highest BCUT2D eigenvalue weighted by atomic mass is 16.4. The fraction of sp³-hybridized carbons (Fsp3) is 0.714. The van der Waals surface area contributed by atoms with Gasteiger partial charge in [-0.1, -0.05) is 65.0 Å². The summed E-state index contributed by atoms with van der Waals surface area (Å²) >= 11 is 0.